The maximum Gasteiger partial charge on any atom is 0.178 e. The molecule has 2 aromatic heterocycles. The summed E-state index contributed by atoms with van der Waals surface area (Å²) in [7, 11) is 1.87. The quantitative estimate of drug-likeness (QED) is 0.765. The number of nitrogens with zero attached hydrogens (tertiary/aromatic N) is 2. The summed E-state index contributed by atoms with van der Waals surface area (Å²) in [5, 5.41) is 4.23. The van der Waals surface area contributed by atoms with Crippen LogP contribution in [0.15, 0.2) is 18.2 Å². The van der Waals surface area contributed by atoms with E-state index in [0.717, 1.165) is 16.3 Å². The van der Waals surface area contributed by atoms with Gasteiger partial charge in [0, 0.05) is 17.6 Å². The van der Waals surface area contributed by atoms with Gasteiger partial charge in [0.1, 0.15) is 0 Å². The molecular weight excluding hydrogens is 220 g/mol. The second-order valence-corrected chi connectivity index (χ2v) is 5.20. The van der Waals surface area contributed by atoms with Gasteiger partial charge >= 0.3 is 0 Å². The number of thiophene rings is 1. The fourth-order valence-electron chi connectivity index (χ4n) is 1.67. The summed E-state index contributed by atoms with van der Waals surface area (Å²) in [4.78, 5) is 14.0. The van der Waals surface area contributed by atoms with Crippen LogP contribution in [0.3, 0.4) is 0 Å². The highest BCUT2D eigenvalue weighted by Crippen LogP contribution is 2.17. The number of ketones is 1. The lowest BCUT2D eigenvalue weighted by Gasteiger charge is -1.99. The van der Waals surface area contributed by atoms with Crippen LogP contribution in [0.4, 0.5) is 0 Å². The third-order valence-corrected chi connectivity index (χ3v) is 3.50. The van der Waals surface area contributed by atoms with Crippen LogP contribution in [-0.2, 0) is 13.5 Å². The van der Waals surface area contributed by atoms with Gasteiger partial charge in [-0.2, -0.15) is 5.10 Å². The monoisotopic (exact) mass is 234 g/mol. The summed E-state index contributed by atoms with van der Waals surface area (Å²) in [6.45, 7) is 3.94. The maximum absolute atomic E-state index is 12.0. The molecule has 0 saturated heterocycles. The van der Waals surface area contributed by atoms with Gasteiger partial charge in [-0.3, -0.25) is 9.48 Å². The van der Waals surface area contributed by atoms with Crippen LogP contribution < -0.4 is 0 Å². The molecule has 0 atom stereocenters. The highest BCUT2D eigenvalue weighted by Gasteiger charge is 2.12. The van der Waals surface area contributed by atoms with E-state index in [1.54, 1.807) is 16.0 Å². The van der Waals surface area contributed by atoms with Gasteiger partial charge in [-0.1, -0.05) is 0 Å². The molecule has 0 saturated carbocycles. The second kappa shape index (κ2) is 4.22. The van der Waals surface area contributed by atoms with Crippen molar-refractivity contribution in [2.24, 2.45) is 7.05 Å². The van der Waals surface area contributed by atoms with Gasteiger partial charge in [0.15, 0.2) is 5.78 Å². The molecule has 16 heavy (non-hydrogen) atoms. The van der Waals surface area contributed by atoms with Gasteiger partial charge < -0.3 is 0 Å². The molecule has 4 heteroatoms. The summed E-state index contributed by atoms with van der Waals surface area (Å²) in [6, 6.07) is 5.83. The first-order valence-electron chi connectivity index (χ1n) is 5.15. The van der Waals surface area contributed by atoms with Crippen LogP contribution in [0, 0.1) is 13.8 Å². The van der Waals surface area contributed by atoms with E-state index in [0.29, 0.717) is 6.42 Å². The van der Waals surface area contributed by atoms with Gasteiger partial charge in [-0.05, 0) is 32.0 Å². The standard InChI is InChI=1S/C12H14N2OS/c1-8-6-10(14(3)13-8)7-11(15)12-5-4-9(2)16-12/h4-6H,7H2,1-3H3. The fraction of sp³-hybridized carbons (Fsp3) is 0.333. The van der Waals surface area contributed by atoms with Crippen LogP contribution in [0.5, 0.6) is 0 Å². The van der Waals surface area contributed by atoms with Crippen LogP contribution in [-0.4, -0.2) is 15.6 Å². The van der Waals surface area contributed by atoms with Crippen LogP contribution >= 0.6 is 11.3 Å². The van der Waals surface area contributed by atoms with E-state index in [2.05, 4.69) is 5.10 Å². The van der Waals surface area contributed by atoms with E-state index in [1.807, 2.05) is 39.1 Å². The topological polar surface area (TPSA) is 34.9 Å². The molecule has 0 unspecified atom stereocenters. The minimum absolute atomic E-state index is 0.168. The highest BCUT2D eigenvalue weighted by atomic mass is 32.1. The highest BCUT2D eigenvalue weighted by molar-refractivity contribution is 7.14. The summed E-state index contributed by atoms with van der Waals surface area (Å²) in [5.41, 5.74) is 1.92. The van der Waals surface area contributed by atoms with Crippen molar-refractivity contribution in [1.29, 1.82) is 0 Å². The van der Waals surface area contributed by atoms with Crippen molar-refractivity contribution >= 4 is 17.1 Å². The second-order valence-electron chi connectivity index (χ2n) is 3.91. The summed E-state index contributed by atoms with van der Waals surface area (Å²) < 4.78 is 1.77. The lowest BCUT2D eigenvalue weighted by molar-refractivity contribution is 0.0994. The van der Waals surface area contributed by atoms with E-state index in [-0.39, 0.29) is 5.78 Å². The van der Waals surface area contributed by atoms with Crippen molar-refractivity contribution in [2.75, 3.05) is 0 Å². The molecule has 84 valence electrons. The number of Topliss-reactive ketones (excluding diaryl/α,β-unsaturated/α-hetero) is 1. The van der Waals surface area contributed by atoms with Crippen molar-refractivity contribution in [1.82, 2.24) is 9.78 Å². The van der Waals surface area contributed by atoms with Crippen LogP contribution in [0.1, 0.15) is 25.9 Å². The molecule has 0 aliphatic rings. The molecule has 2 rings (SSSR count). The smallest absolute Gasteiger partial charge is 0.178 e. The Morgan fingerprint density at radius 3 is 2.69 bits per heavy atom. The van der Waals surface area contributed by atoms with Gasteiger partial charge in [0.25, 0.3) is 0 Å². The van der Waals surface area contributed by atoms with Crippen molar-refractivity contribution in [3.05, 3.63) is 39.3 Å². The van der Waals surface area contributed by atoms with E-state index in [1.165, 1.54) is 4.88 Å². The molecule has 0 N–H and O–H groups in total. The zero-order valence-corrected chi connectivity index (χ0v) is 10.5. The van der Waals surface area contributed by atoms with Crippen molar-refractivity contribution in [3.8, 4) is 0 Å². The molecule has 2 heterocycles. The van der Waals surface area contributed by atoms with Crippen LogP contribution in [0.25, 0.3) is 0 Å². The molecule has 3 nitrogen and oxygen atoms in total. The Labute approximate surface area is 98.7 Å². The molecule has 0 amide bonds. The third kappa shape index (κ3) is 2.22. The van der Waals surface area contributed by atoms with Crippen molar-refractivity contribution in [3.63, 3.8) is 0 Å². The Kier molecular flexibility index (Phi) is 2.92. The summed E-state index contributed by atoms with van der Waals surface area (Å²) >= 11 is 1.55. The number of carbonyl (C=O) groups excluding carboxylic acids is 1. The van der Waals surface area contributed by atoms with E-state index >= 15 is 0 Å². The summed E-state index contributed by atoms with van der Waals surface area (Å²) in [5.74, 6) is 0.168. The number of aromatic nitrogens is 2. The molecule has 0 aliphatic heterocycles. The maximum atomic E-state index is 12.0. The molecule has 2 aromatic rings. The Morgan fingerprint density at radius 2 is 2.19 bits per heavy atom. The SMILES string of the molecule is Cc1cc(CC(=O)c2ccc(C)s2)n(C)n1. The van der Waals surface area contributed by atoms with Crippen molar-refractivity contribution in [2.45, 2.75) is 20.3 Å². The first kappa shape index (κ1) is 11.1. The Morgan fingerprint density at radius 1 is 1.44 bits per heavy atom. The molecular formula is C12H14N2OS. The number of aryl methyl sites for hydroxylation is 3. The average Bonchev–Trinajstić information content (AvgIpc) is 2.74. The Balaban J connectivity index is 2.16. The third-order valence-electron chi connectivity index (χ3n) is 2.46. The molecule has 0 spiro atoms. The first-order valence-corrected chi connectivity index (χ1v) is 5.97. The largest absolute Gasteiger partial charge is 0.293 e. The predicted octanol–water partition coefficient (Wildman–Crippen LogP) is 2.52. The van der Waals surface area contributed by atoms with E-state index in [4.69, 9.17) is 0 Å². The minimum atomic E-state index is 0.168. The molecule has 0 bridgehead atoms. The summed E-state index contributed by atoms with van der Waals surface area (Å²) in [6.07, 6.45) is 0.428. The number of hydrogen-bond donors (Lipinski definition) is 0. The molecule has 0 aromatic carbocycles. The average molecular weight is 234 g/mol. The van der Waals surface area contributed by atoms with E-state index in [9.17, 15) is 4.79 Å². The van der Waals surface area contributed by atoms with Crippen LogP contribution in [0.2, 0.25) is 0 Å². The minimum Gasteiger partial charge on any atom is -0.293 e. The van der Waals surface area contributed by atoms with Gasteiger partial charge in [-0.25, -0.2) is 0 Å². The number of carbonyl (C=O) groups is 1. The van der Waals surface area contributed by atoms with Gasteiger partial charge in [-0.15, -0.1) is 11.3 Å². The molecule has 0 radical (unpaired) electrons. The van der Waals surface area contributed by atoms with Gasteiger partial charge in [0.2, 0.25) is 0 Å². The normalized spacial score (nSPS) is 10.7. The Bertz CT molecular complexity index is 525. The number of rotatable bonds is 3. The lowest BCUT2D eigenvalue weighted by Crippen LogP contribution is -2.06. The Hall–Kier alpha value is -1.42. The van der Waals surface area contributed by atoms with Crippen molar-refractivity contribution < 1.29 is 4.79 Å². The molecule has 0 aliphatic carbocycles. The predicted molar refractivity (Wildman–Crippen MR) is 65.0 cm³/mol. The van der Waals surface area contributed by atoms with E-state index < -0.39 is 0 Å². The molecule has 0 fully saturated rings. The van der Waals surface area contributed by atoms with Gasteiger partial charge in [0.05, 0.1) is 17.0 Å². The fourth-order valence-corrected chi connectivity index (χ4v) is 2.47. The lowest BCUT2D eigenvalue weighted by atomic mass is 10.2. The zero-order chi connectivity index (χ0) is 11.7. The number of hydrogen-bond acceptors (Lipinski definition) is 3. The first-order chi connectivity index (χ1) is 7.56. The zero-order valence-electron chi connectivity index (χ0n) is 9.65.